The summed E-state index contributed by atoms with van der Waals surface area (Å²) in [4.78, 5) is 24.7. The molecular weight excluding hydrogens is 456 g/mol. The Hall–Kier alpha value is -2.85. The molecule has 4 rings (SSSR count). The van der Waals surface area contributed by atoms with E-state index in [4.69, 9.17) is 21.4 Å². The van der Waals surface area contributed by atoms with Gasteiger partial charge in [-0.1, -0.05) is 11.6 Å². The van der Waals surface area contributed by atoms with Crippen LogP contribution in [0.2, 0.25) is 5.02 Å². The summed E-state index contributed by atoms with van der Waals surface area (Å²) in [6, 6.07) is 0.987. The maximum atomic E-state index is 11.7. The van der Waals surface area contributed by atoms with Crippen molar-refractivity contribution in [2.75, 3.05) is 43.4 Å². The van der Waals surface area contributed by atoms with Crippen molar-refractivity contribution in [1.82, 2.24) is 29.5 Å². The van der Waals surface area contributed by atoms with Crippen LogP contribution in [0.4, 0.5) is 22.2 Å². The summed E-state index contributed by atoms with van der Waals surface area (Å²) in [5.74, 6) is 1.00. The Labute approximate surface area is 205 Å². The van der Waals surface area contributed by atoms with E-state index in [0.29, 0.717) is 48.5 Å². The fourth-order valence-corrected chi connectivity index (χ4v) is 4.37. The van der Waals surface area contributed by atoms with Crippen LogP contribution in [-0.4, -0.2) is 74.4 Å². The number of carbonyl (C=O) groups is 1. The Bertz CT molecular complexity index is 1020. The molecule has 0 spiro atoms. The number of likely N-dealkylation sites (tertiary alicyclic amines) is 1. The molecule has 0 bridgehead atoms. The zero-order valence-electron chi connectivity index (χ0n) is 20.0. The monoisotopic (exact) mass is 488 g/mol. The molecule has 1 fully saturated rings. The molecule has 1 amide bonds. The second-order valence-electron chi connectivity index (χ2n) is 8.97. The van der Waals surface area contributed by atoms with Gasteiger partial charge in [-0.3, -0.25) is 4.68 Å². The van der Waals surface area contributed by atoms with Gasteiger partial charge in [0, 0.05) is 45.0 Å². The molecule has 0 aliphatic carbocycles. The van der Waals surface area contributed by atoms with Crippen molar-refractivity contribution in [1.29, 1.82) is 0 Å². The van der Waals surface area contributed by atoms with E-state index < -0.39 is 0 Å². The van der Waals surface area contributed by atoms with Gasteiger partial charge in [0.2, 0.25) is 5.95 Å². The van der Waals surface area contributed by atoms with E-state index in [1.807, 2.05) is 19.2 Å². The zero-order chi connectivity index (χ0) is 24.1. The summed E-state index contributed by atoms with van der Waals surface area (Å²) in [5.41, 5.74) is 1.79. The van der Waals surface area contributed by atoms with Gasteiger partial charge in [-0.2, -0.15) is 10.1 Å². The SMILES string of the molecule is Cc1nn(C2CCN(C(C)C)CC2)cc1Nc1ncc(Cl)c(NCCCN2CC=COC2=O)n1. The fourth-order valence-electron chi connectivity index (χ4n) is 4.21. The van der Waals surface area contributed by atoms with Crippen molar-refractivity contribution >= 4 is 35.1 Å². The molecule has 1 saturated heterocycles. The number of aromatic nitrogens is 4. The first-order chi connectivity index (χ1) is 16.4. The number of halogens is 1. The number of cyclic esters (lactones) is 1. The van der Waals surface area contributed by atoms with E-state index >= 15 is 0 Å². The van der Waals surface area contributed by atoms with Crippen LogP contribution in [0.15, 0.2) is 24.7 Å². The van der Waals surface area contributed by atoms with Crippen LogP contribution in [0.3, 0.4) is 0 Å². The molecule has 0 radical (unpaired) electrons. The van der Waals surface area contributed by atoms with Gasteiger partial charge in [0.05, 0.1) is 29.9 Å². The molecule has 2 aromatic heterocycles. The second kappa shape index (κ2) is 11.1. The number of hydrogen-bond donors (Lipinski definition) is 2. The summed E-state index contributed by atoms with van der Waals surface area (Å²) in [7, 11) is 0. The molecule has 2 aliphatic rings. The van der Waals surface area contributed by atoms with Crippen LogP contribution in [0, 0.1) is 6.92 Å². The van der Waals surface area contributed by atoms with Gasteiger partial charge < -0.3 is 25.2 Å². The number of amides is 1. The van der Waals surface area contributed by atoms with Crippen molar-refractivity contribution in [3.63, 3.8) is 0 Å². The number of ether oxygens (including phenoxy) is 1. The topological polar surface area (TPSA) is 100 Å². The largest absolute Gasteiger partial charge is 0.418 e. The average Bonchev–Trinajstić information content (AvgIpc) is 3.19. The molecular formula is C23H33ClN8O2. The van der Waals surface area contributed by atoms with E-state index in [1.54, 1.807) is 11.1 Å². The predicted octanol–water partition coefficient (Wildman–Crippen LogP) is 4.19. The predicted molar refractivity (Wildman–Crippen MR) is 133 cm³/mol. The molecule has 4 heterocycles. The molecule has 0 atom stereocenters. The number of nitrogens with zero attached hydrogens (tertiary/aromatic N) is 6. The third-order valence-corrected chi connectivity index (χ3v) is 6.53. The summed E-state index contributed by atoms with van der Waals surface area (Å²) < 4.78 is 6.96. The lowest BCUT2D eigenvalue weighted by atomic mass is 10.0. The summed E-state index contributed by atoms with van der Waals surface area (Å²) in [5, 5.41) is 11.7. The summed E-state index contributed by atoms with van der Waals surface area (Å²) in [6.45, 7) is 10.4. The summed E-state index contributed by atoms with van der Waals surface area (Å²) >= 11 is 6.29. The van der Waals surface area contributed by atoms with E-state index in [-0.39, 0.29) is 6.09 Å². The number of rotatable bonds is 9. The molecule has 184 valence electrons. The van der Waals surface area contributed by atoms with Crippen LogP contribution >= 0.6 is 11.6 Å². The first-order valence-corrected chi connectivity index (χ1v) is 12.2. The van der Waals surface area contributed by atoms with Gasteiger partial charge in [0.1, 0.15) is 10.8 Å². The quantitative estimate of drug-likeness (QED) is 0.507. The van der Waals surface area contributed by atoms with Gasteiger partial charge in [-0.05, 0) is 46.1 Å². The van der Waals surface area contributed by atoms with E-state index in [9.17, 15) is 4.79 Å². The minimum absolute atomic E-state index is 0.324. The average molecular weight is 489 g/mol. The molecule has 10 nitrogen and oxygen atoms in total. The Morgan fingerprint density at radius 1 is 1.29 bits per heavy atom. The Balaban J connectivity index is 1.32. The lowest BCUT2D eigenvalue weighted by Gasteiger charge is -2.34. The van der Waals surface area contributed by atoms with Crippen molar-refractivity contribution in [3.05, 3.63) is 35.4 Å². The highest BCUT2D eigenvalue weighted by Crippen LogP contribution is 2.27. The molecule has 2 aliphatic heterocycles. The highest BCUT2D eigenvalue weighted by molar-refractivity contribution is 6.32. The zero-order valence-corrected chi connectivity index (χ0v) is 20.8. The Morgan fingerprint density at radius 3 is 2.82 bits per heavy atom. The van der Waals surface area contributed by atoms with Crippen molar-refractivity contribution in [2.45, 2.75) is 52.1 Å². The lowest BCUT2D eigenvalue weighted by Crippen LogP contribution is -2.39. The molecule has 2 N–H and O–H groups in total. The third-order valence-electron chi connectivity index (χ3n) is 6.26. The number of hydrogen-bond acceptors (Lipinski definition) is 8. The van der Waals surface area contributed by atoms with Crippen LogP contribution in [0.1, 0.15) is 44.8 Å². The summed E-state index contributed by atoms with van der Waals surface area (Å²) in [6.07, 6.45) is 9.45. The smallest absolute Gasteiger partial charge is 0.414 e. The van der Waals surface area contributed by atoms with Crippen LogP contribution < -0.4 is 10.6 Å². The molecule has 2 aromatic rings. The van der Waals surface area contributed by atoms with Crippen LogP contribution in [0.5, 0.6) is 0 Å². The molecule has 11 heteroatoms. The van der Waals surface area contributed by atoms with Gasteiger partial charge in [0.25, 0.3) is 0 Å². The first-order valence-electron chi connectivity index (χ1n) is 11.8. The molecule has 0 unspecified atom stereocenters. The standard InChI is InChI=1S/C23H33ClN8O2/c1-16(2)30-11-6-18(7-12-30)32-15-20(17(3)29-32)27-22-26-14-19(24)21(28-22)25-8-4-9-31-10-5-13-34-23(31)33/h5,13-16,18H,4,6-12H2,1-3H3,(H2,25,26,27,28). The number of carbonyl (C=O) groups excluding carboxylic acids is 1. The van der Waals surface area contributed by atoms with E-state index in [0.717, 1.165) is 43.7 Å². The minimum Gasteiger partial charge on any atom is -0.418 e. The molecule has 34 heavy (non-hydrogen) atoms. The van der Waals surface area contributed by atoms with Gasteiger partial charge in [-0.15, -0.1) is 0 Å². The van der Waals surface area contributed by atoms with Gasteiger partial charge in [-0.25, -0.2) is 9.78 Å². The lowest BCUT2D eigenvalue weighted by molar-refractivity contribution is 0.133. The van der Waals surface area contributed by atoms with Crippen LogP contribution in [-0.2, 0) is 4.74 Å². The Kier molecular flexibility index (Phi) is 7.89. The highest BCUT2D eigenvalue weighted by Gasteiger charge is 2.23. The Morgan fingerprint density at radius 2 is 2.09 bits per heavy atom. The van der Waals surface area contributed by atoms with Gasteiger partial charge in [0.15, 0.2) is 0 Å². The number of piperidine rings is 1. The third kappa shape index (κ3) is 5.98. The van der Waals surface area contributed by atoms with E-state index in [1.165, 1.54) is 6.26 Å². The van der Waals surface area contributed by atoms with Crippen molar-refractivity contribution in [2.24, 2.45) is 0 Å². The molecule has 0 aromatic carbocycles. The number of aryl methyl sites for hydroxylation is 1. The van der Waals surface area contributed by atoms with E-state index in [2.05, 4.69) is 44.0 Å². The number of nitrogens with one attached hydrogen (secondary N) is 2. The van der Waals surface area contributed by atoms with Crippen molar-refractivity contribution in [3.8, 4) is 0 Å². The fraction of sp³-hybridized carbons (Fsp3) is 0.565. The maximum absolute atomic E-state index is 11.7. The van der Waals surface area contributed by atoms with Crippen LogP contribution in [0.25, 0.3) is 0 Å². The molecule has 0 saturated carbocycles. The first kappa shape index (κ1) is 24.3. The van der Waals surface area contributed by atoms with Gasteiger partial charge >= 0.3 is 6.09 Å². The highest BCUT2D eigenvalue weighted by atomic mass is 35.5. The normalized spacial score (nSPS) is 17.3. The second-order valence-corrected chi connectivity index (χ2v) is 9.37. The van der Waals surface area contributed by atoms with Crippen molar-refractivity contribution < 1.29 is 9.53 Å². The number of anilines is 3. The minimum atomic E-state index is -0.324. The maximum Gasteiger partial charge on any atom is 0.414 e.